The van der Waals surface area contributed by atoms with Crippen LogP contribution in [0.4, 0.5) is 5.69 Å². The van der Waals surface area contributed by atoms with E-state index in [2.05, 4.69) is 0 Å². The SMILES string of the molecule is COc1cc(O)c([C@H]2C3=CC[C@@H]4C(=O)N(c5ccc(C(=O)O)c(O)c5)C(=O)[C@@H]4[C@@H]3C[C@@]3(Cl)C(=O)N(C)C(=O)[C@@]23Cl)c(OC)c1. The minimum atomic E-state index is -2.14. The molecule has 0 bridgehead atoms. The molecule has 0 spiro atoms. The Labute approximate surface area is 260 Å². The minimum Gasteiger partial charge on any atom is -0.507 e. The van der Waals surface area contributed by atoms with Crippen LogP contribution in [0.15, 0.2) is 42.0 Å². The molecule has 2 heterocycles. The van der Waals surface area contributed by atoms with Gasteiger partial charge in [0.05, 0.1) is 31.7 Å². The topological polar surface area (TPSA) is 171 Å². The van der Waals surface area contributed by atoms with Crippen LogP contribution in [0.25, 0.3) is 0 Å². The monoisotopic (exact) mass is 644 g/mol. The highest BCUT2D eigenvalue weighted by atomic mass is 35.5. The van der Waals surface area contributed by atoms with Crippen molar-refractivity contribution in [3.05, 3.63) is 53.1 Å². The van der Waals surface area contributed by atoms with Gasteiger partial charge in [0.2, 0.25) is 11.8 Å². The predicted molar refractivity (Wildman–Crippen MR) is 154 cm³/mol. The van der Waals surface area contributed by atoms with Crippen molar-refractivity contribution in [2.24, 2.45) is 17.8 Å². The fourth-order valence-electron chi connectivity index (χ4n) is 7.32. The molecule has 0 unspecified atom stereocenters. The number of imide groups is 2. The van der Waals surface area contributed by atoms with Crippen LogP contribution in [-0.4, -0.2) is 80.8 Å². The second-order valence-electron chi connectivity index (χ2n) is 11.3. The van der Waals surface area contributed by atoms with Gasteiger partial charge in [0, 0.05) is 36.7 Å². The van der Waals surface area contributed by atoms with E-state index < -0.39 is 74.3 Å². The lowest BCUT2D eigenvalue weighted by Gasteiger charge is -2.51. The molecule has 44 heavy (non-hydrogen) atoms. The molecule has 3 fully saturated rings. The highest BCUT2D eigenvalue weighted by Gasteiger charge is 2.76. The summed E-state index contributed by atoms with van der Waals surface area (Å²) < 4.78 is 10.8. The number of anilines is 1. The number of fused-ring (bicyclic) bond motifs is 4. The van der Waals surface area contributed by atoms with Crippen molar-refractivity contribution in [1.82, 2.24) is 4.90 Å². The lowest BCUT2D eigenvalue weighted by Crippen LogP contribution is -2.60. The van der Waals surface area contributed by atoms with Crippen LogP contribution < -0.4 is 14.4 Å². The van der Waals surface area contributed by atoms with Crippen LogP contribution in [-0.2, 0) is 19.2 Å². The molecule has 0 aromatic heterocycles. The molecule has 14 heteroatoms. The number of alkyl halides is 2. The number of carboxylic acids is 1. The fraction of sp³-hybridized carbons (Fsp3) is 0.367. The summed E-state index contributed by atoms with van der Waals surface area (Å²) in [5.41, 5.74) is 0.0508. The number of allylic oxidation sites excluding steroid dienone is 2. The third-order valence-electron chi connectivity index (χ3n) is 9.32. The van der Waals surface area contributed by atoms with E-state index in [4.69, 9.17) is 32.7 Å². The van der Waals surface area contributed by atoms with Gasteiger partial charge in [-0.05, 0) is 30.9 Å². The summed E-state index contributed by atoms with van der Waals surface area (Å²) >= 11 is 14.3. The van der Waals surface area contributed by atoms with E-state index in [0.717, 1.165) is 21.9 Å². The van der Waals surface area contributed by atoms with Gasteiger partial charge in [0.1, 0.15) is 28.6 Å². The quantitative estimate of drug-likeness (QED) is 0.250. The number of carbonyl (C=O) groups is 5. The largest absolute Gasteiger partial charge is 0.507 e. The van der Waals surface area contributed by atoms with Crippen LogP contribution in [0, 0.1) is 17.8 Å². The average molecular weight is 645 g/mol. The Bertz CT molecular complexity index is 1730. The Morgan fingerprint density at radius 3 is 2.27 bits per heavy atom. The number of carbonyl (C=O) groups excluding carboxylic acids is 4. The van der Waals surface area contributed by atoms with Gasteiger partial charge in [0.25, 0.3) is 11.8 Å². The lowest BCUT2D eigenvalue weighted by atomic mass is 9.56. The molecule has 2 aromatic rings. The second-order valence-corrected chi connectivity index (χ2v) is 12.5. The van der Waals surface area contributed by atoms with Crippen molar-refractivity contribution in [1.29, 1.82) is 0 Å². The number of ether oxygens (including phenoxy) is 2. The van der Waals surface area contributed by atoms with Gasteiger partial charge in [-0.25, -0.2) is 9.69 Å². The summed E-state index contributed by atoms with van der Waals surface area (Å²) in [6, 6.07) is 6.13. The van der Waals surface area contributed by atoms with E-state index >= 15 is 0 Å². The molecule has 3 N–H and O–H groups in total. The molecular weight excluding hydrogens is 619 g/mol. The first kappa shape index (κ1) is 29.8. The van der Waals surface area contributed by atoms with Gasteiger partial charge in [-0.3, -0.25) is 24.1 Å². The van der Waals surface area contributed by atoms with Crippen molar-refractivity contribution in [3.63, 3.8) is 0 Å². The number of phenols is 2. The van der Waals surface area contributed by atoms with Crippen LogP contribution in [0.1, 0.15) is 34.7 Å². The summed E-state index contributed by atoms with van der Waals surface area (Å²) in [6.45, 7) is 0. The van der Waals surface area contributed by atoms with Gasteiger partial charge in [0.15, 0.2) is 9.75 Å². The van der Waals surface area contributed by atoms with E-state index in [-0.39, 0.29) is 41.3 Å². The minimum absolute atomic E-state index is 0.0283. The maximum atomic E-state index is 14.1. The average Bonchev–Trinajstić information content (AvgIpc) is 3.31. The first-order valence-electron chi connectivity index (χ1n) is 13.5. The Kier molecular flexibility index (Phi) is 6.67. The van der Waals surface area contributed by atoms with Crippen LogP contribution in [0.3, 0.4) is 0 Å². The predicted octanol–water partition coefficient (Wildman–Crippen LogP) is 3.01. The molecular formula is C30H26Cl2N2O10. The van der Waals surface area contributed by atoms with E-state index in [1.54, 1.807) is 6.08 Å². The summed E-state index contributed by atoms with van der Waals surface area (Å²) in [7, 11) is 3.98. The van der Waals surface area contributed by atoms with E-state index in [1.807, 2.05) is 0 Å². The Hall–Kier alpha value is -4.29. The first-order chi connectivity index (χ1) is 20.7. The van der Waals surface area contributed by atoms with Crippen molar-refractivity contribution in [2.75, 3.05) is 26.2 Å². The Morgan fingerprint density at radius 1 is 0.955 bits per heavy atom. The Balaban J connectivity index is 1.53. The fourth-order valence-corrected chi connectivity index (χ4v) is 8.32. The van der Waals surface area contributed by atoms with Crippen LogP contribution in [0.5, 0.6) is 23.0 Å². The molecule has 2 aliphatic carbocycles. The number of methoxy groups -OCH3 is 2. The Morgan fingerprint density at radius 2 is 1.66 bits per heavy atom. The maximum absolute atomic E-state index is 14.1. The van der Waals surface area contributed by atoms with Gasteiger partial charge in [-0.1, -0.05) is 11.6 Å². The number of hydrogen-bond acceptors (Lipinski definition) is 9. The van der Waals surface area contributed by atoms with Crippen LogP contribution in [0.2, 0.25) is 0 Å². The lowest BCUT2D eigenvalue weighted by molar-refractivity contribution is -0.138. The molecule has 1 saturated carbocycles. The number of likely N-dealkylation sites (tertiary alicyclic amines) is 1. The molecule has 6 atom stereocenters. The smallest absolute Gasteiger partial charge is 0.339 e. The summed E-state index contributed by atoms with van der Waals surface area (Å²) in [4.78, 5) is 64.1. The van der Waals surface area contributed by atoms with E-state index in [0.29, 0.717) is 5.57 Å². The van der Waals surface area contributed by atoms with Crippen molar-refractivity contribution >= 4 is 58.5 Å². The summed E-state index contributed by atoms with van der Waals surface area (Å²) in [6.07, 6.45) is 1.47. The van der Waals surface area contributed by atoms with Gasteiger partial charge >= 0.3 is 5.97 Å². The molecule has 2 aliphatic heterocycles. The van der Waals surface area contributed by atoms with Crippen LogP contribution >= 0.6 is 23.2 Å². The molecule has 4 aliphatic rings. The number of hydrogen-bond donors (Lipinski definition) is 3. The third kappa shape index (κ3) is 3.67. The number of carboxylic acid groups (broad SMARTS) is 1. The normalized spacial score (nSPS) is 31.0. The number of nitrogens with zero attached hydrogens (tertiary/aromatic N) is 2. The molecule has 0 radical (unpaired) electrons. The molecule has 2 saturated heterocycles. The molecule has 230 valence electrons. The standard InChI is InChI=1S/C30H26Cl2N2O10/c1-33-27(41)29(31)11-17-14(23(30(29,32)28(33)42)22-19(36)9-13(43-2)10-20(22)44-3)6-7-16-21(17)25(38)34(24(16)37)12-4-5-15(26(39)40)18(35)8-12/h4-6,8-10,16-17,21,23,35-36H,7,11H2,1-3H3,(H,39,40)/t16-,17+,21-,23+,29+,30-/m0/s1. The first-order valence-corrected chi connectivity index (χ1v) is 14.3. The molecule has 12 nitrogen and oxygen atoms in total. The summed E-state index contributed by atoms with van der Waals surface area (Å²) in [5.74, 6) is -8.97. The summed E-state index contributed by atoms with van der Waals surface area (Å²) in [5, 5.41) is 30.8. The van der Waals surface area contributed by atoms with Crippen molar-refractivity contribution in [2.45, 2.75) is 28.5 Å². The number of rotatable bonds is 5. The maximum Gasteiger partial charge on any atom is 0.339 e. The molecule has 2 aromatic carbocycles. The number of benzene rings is 2. The van der Waals surface area contributed by atoms with Crippen molar-refractivity contribution in [3.8, 4) is 23.0 Å². The third-order valence-corrected chi connectivity index (χ3v) is 10.7. The number of halogens is 2. The molecule has 6 rings (SSSR count). The highest BCUT2D eigenvalue weighted by Crippen LogP contribution is 2.67. The zero-order chi connectivity index (χ0) is 32.0. The van der Waals surface area contributed by atoms with E-state index in [1.165, 1.54) is 39.5 Å². The number of amides is 4. The van der Waals surface area contributed by atoms with Gasteiger partial charge < -0.3 is 24.8 Å². The second kappa shape index (κ2) is 9.86. The number of aromatic carboxylic acids is 1. The van der Waals surface area contributed by atoms with Crippen molar-refractivity contribution < 1.29 is 48.8 Å². The number of aromatic hydroxyl groups is 2. The zero-order valence-corrected chi connectivity index (χ0v) is 25.0. The van der Waals surface area contributed by atoms with Gasteiger partial charge in [-0.15, -0.1) is 23.2 Å². The molecule has 4 amide bonds. The highest BCUT2D eigenvalue weighted by molar-refractivity contribution is 6.53. The van der Waals surface area contributed by atoms with Gasteiger partial charge in [-0.2, -0.15) is 0 Å². The zero-order valence-electron chi connectivity index (χ0n) is 23.5. The van der Waals surface area contributed by atoms with E-state index in [9.17, 15) is 39.3 Å². The number of phenolic OH excluding ortho intramolecular Hbond substituents is 1.